The summed E-state index contributed by atoms with van der Waals surface area (Å²) in [6.45, 7) is 6.05. The zero-order chi connectivity index (χ0) is 21.0. The molecule has 2 aromatic rings. The van der Waals surface area contributed by atoms with Gasteiger partial charge in [0.25, 0.3) is 11.8 Å². The molecule has 0 saturated heterocycles. The second-order valence-corrected chi connectivity index (χ2v) is 8.09. The summed E-state index contributed by atoms with van der Waals surface area (Å²) in [7, 11) is 0. The van der Waals surface area contributed by atoms with Crippen molar-refractivity contribution in [2.24, 2.45) is 0 Å². The molecule has 1 aliphatic heterocycles. The molecule has 0 fully saturated rings. The molecule has 0 saturated carbocycles. The lowest BCUT2D eigenvalue weighted by Crippen LogP contribution is -2.36. The largest absolute Gasteiger partial charge is 0.444 e. The molecule has 1 atom stereocenters. The minimum atomic E-state index is -0.566. The Hall–Kier alpha value is -3.15. The zero-order valence-electron chi connectivity index (χ0n) is 17.0. The fourth-order valence-corrected chi connectivity index (χ4v) is 3.38. The van der Waals surface area contributed by atoms with Crippen molar-refractivity contribution in [2.45, 2.75) is 38.7 Å². The van der Waals surface area contributed by atoms with Gasteiger partial charge in [-0.25, -0.2) is 4.79 Å². The smallest absolute Gasteiger partial charge is 0.407 e. The third-order valence-electron chi connectivity index (χ3n) is 4.71. The summed E-state index contributed by atoms with van der Waals surface area (Å²) in [5, 5.41) is 2.75. The molecular formula is C23H26N2O4. The number of carbonyl (C=O) groups is 3. The van der Waals surface area contributed by atoms with E-state index in [1.807, 2.05) is 51.1 Å². The lowest BCUT2D eigenvalue weighted by Gasteiger charge is -2.24. The van der Waals surface area contributed by atoms with Gasteiger partial charge in [-0.15, -0.1) is 0 Å². The van der Waals surface area contributed by atoms with Crippen molar-refractivity contribution in [1.29, 1.82) is 0 Å². The highest BCUT2D eigenvalue weighted by Gasteiger charge is 2.36. The van der Waals surface area contributed by atoms with Crippen molar-refractivity contribution in [3.63, 3.8) is 0 Å². The molecule has 0 bridgehead atoms. The Kier molecular flexibility index (Phi) is 6.01. The molecule has 0 spiro atoms. The second-order valence-electron chi connectivity index (χ2n) is 8.09. The van der Waals surface area contributed by atoms with Gasteiger partial charge in [0.05, 0.1) is 11.1 Å². The molecule has 1 N–H and O–H groups in total. The lowest BCUT2D eigenvalue weighted by molar-refractivity contribution is 0.0520. The Morgan fingerprint density at radius 2 is 1.52 bits per heavy atom. The van der Waals surface area contributed by atoms with Crippen molar-refractivity contribution in [2.75, 3.05) is 13.1 Å². The highest BCUT2D eigenvalue weighted by molar-refractivity contribution is 6.21. The maximum absolute atomic E-state index is 12.7. The van der Waals surface area contributed by atoms with Gasteiger partial charge in [0.15, 0.2) is 0 Å². The van der Waals surface area contributed by atoms with Crippen molar-refractivity contribution in [3.8, 4) is 0 Å². The minimum Gasteiger partial charge on any atom is -0.444 e. The van der Waals surface area contributed by atoms with Gasteiger partial charge in [-0.2, -0.15) is 0 Å². The van der Waals surface area contributed by atoms with Gasteiger partial charge >= 0.3 is 6.09 Å². The number of fused-ring (bicyclic) bond motifs is 1. The molecule has 2 aromatic carbocycles. The number of nitrogens with zero attached hydrogens (tertiary/aromatic N) is 1. The summed E-state index contributed by atoms with van der Waals surface area (Å²) < 4.78 is 5.27. The van der Waals surface area contributed by atoms with Gasteiger partial charge in [0.2, 0.25) is 0 Å². The quantitative estimate of drug-likeness (QED) is 0.752. The van der Waals surface area contributed by atoms with E-state index in [-0.39, 0.29) is 24.3 Å². The van der Waals surface area contributed by atoms with Crippen LogP contribution < -0.4 is 5.32 Å². The molecule has 6 heteroatoms. The Labute approximate surface area is 170 Å². The topological polar surface area (TPSA) is 75.7 Å². The van der Waals surface area contributed by atoms with E-state index in [1.54, 1.807) is 24.3 Å². The summed E-state index contributed by atoms with van der Waals surface area (Å²) in [4.78, 5) is 38.7. The molecule has 1 unspecified atom stereocenters. The fourth-order valence-electron chi connectivity index (χ4n) is 3.38. The van der Waals surface area contributed by atoms with Crippen LogP contribution in [0.5, 0.6) is 0 Å². The Morgan fingerprint density at radius 3 is 2.07 bits per heavy atom. The number of nitrogens with one attached hydrogen (secondary N) is 1. The molecule has 3 rings (SSSR count). The molecule has 0 aromatic heterocycles. The Morgan fingerprint density at radius 1 is 0.966 bits per heavy atom. The Bertz CT molecular complexity index is 868. The number of imide groups is 1. The van der Waals surface area contributed by atoms with Gasteiger partial charge in [-0.05, 0) is 44.9 Å². The number of benzene rings is 2. The van der Waals surface area contributed by atoms with E-state index in [0.717, 1.165) is 5.56 Å². The summed E-state index contributed by atoms with van der Waals surface area (Å²) in [6, 6.07) is 16.6. The molecule has 0 aliphatic carbocycles. The average Bonchev–Trinajstić information content (AvgIpc) is 2.91. The van der Waals surface area contributed by atoms with Crippen molar-refractivity contribution in [3.05, 3.63) is 71.3 Å². The number of ether oxygens (including phenoxy) is 1. The van der Waals surface area contributed by atoms with Crippen molar-refractivity contribution < 1.29 is 19.1 Å². The monoisotopic (exact) mass is 394 g/mol. The van der Waals surface area contributed by atoms with Crippen LogP contribution in [-0.2, 0) is 4.74 Å². The highest BCUT2D eigenvalue weighted by Crippen LogP contribution is 2.27. The number of rotatable bonds is 6. The number of alkyl carbamates (subject to hydrolysis) is 1. The minimum absolute atomic E-state index is 0.103. The third kappa shape index (κ3) is 5.02. The number of hydrogen-bond acceptors (Lipinski definition) is 4. The average molecular weight is 394 g/mol. The van der Waals surface area contributed by atoms with Crippen molar-refractivity contribution in [1.82, 2.24) is 10.2 Å². The predicted octanol–water partition coefficient (Wildman–Crippen LogP) is 3.98. The first-order chi connectivity index (χ1) is 13.8. The summed E-state index contributed by atoms with van der Waals surface area (Å²) in [6.07, 6.45) is 0.0847. The van der Waals surface area contributed by atoms with E-state index in [2.05, 4.69) is 5.32 Å². The van der Waals surface area contributed by atoms with Gasteiger partial charge < -0.3 is 10.1 Å². The number of amides is 3. The predicted molar refractivity (Wildman–Crippen MR) is 110 cm³/mol. The molecular weight excluding hydrogens is 368 g/mol. The number of hydrogen-bond donors (Lipinski definition) is 1. The summed E-state index contributed by atoms with van der Waals surface area (Å²) in [5.74, 6) is -0.647. The van der Waals surface area contributed by atoms with Crippen LogP contribution in [0.25, 0.3) is 0 Å². The normalized spacial score (nSPS) is 14.5. The molecule has 3 amide bonds. The summed E-state index contributed by atoms with van der Waals surface area (Å²) in [5.41, 5.74) is 1.32. The maximum atomic E-state index is 12.7. The zero-order valence-corrected chi connectivity index (χ0v) is 17.0. The first-order valence-corrected chi connectivity index (χ1v) is 9.73. The highest BCUT2D eigenvalue weighted by atomic mass is 16.6. The Balaban J connectivity index is 1.70. The molecule has 29 heavy (non-hydrogen) atoms. The molecule has 1 aliphatic rings. The first-order valence-electron chi connectivity index (χ1n) is 9.73. The van der Waals surface area contributed by atoms with Crippen LogP contribution in [0.4, 0.5) is 4.79 Å². The molecule has 1 heterocycles. The number of carbonyl (C=O) groups excluding carboxylic acids is 3. The molecule has 6 nitrogen and oxygen atoms in total. The summed E-state index contributed by atoms with van der Waals surface area (Å²) >= 11 is 0. The third-order valence-corrected chi connectivity index (χ3v) is 4.71. The van der Waals surface area contributed by atoms with E-state index >= 15 is 0 Å². The molecule has 152 valence electrons. The molecule has 0 radical (unpaired) electrons. The van der Waals surface area contributed by atoms with E-state index in [4.69, 9.17) is 4.74 Å². The van der Waals surface area contributed by atoms with Crippen molar-refractivity contribution >= 4 is 17.9 Å². The van der Waals surface area contributed by atoms with Crippen LogP contribution in [0.2, 0.25) is 0 Å². The van der Waals surface area contributed by atoms with Crippen LogP contribution >= 0.6 is 0 Å². The van der Waals surface area contributed by atoms with E-state index in [1.165, 1.54) is 4.90 Å². The second kappa shape index (κ2) is 8.47. The van der Waals surface area contributed by atoms with Gasteiger partial charge in [-0.3, -0.25) is 14.5 Å². The SMILES string of the molecule is CC(C)(C)OC(=O)NCCC(CN1C(=O)c2ccccc2C1=O)c1ccccc1. The standard InChI is InChI=1S/C23H26N2O4/c1-23(2,3)29-22(28)24-14-13-17(16-9-5-4-6-10-16)15-25-20(26)18-11-7-8-12-19(18)21(25)27/h4-12,17H,13-15H2,1-3H3,(H,24,28). The van der Waals surface area contributed by atoms with Crippen LogP contribution in [0.15, 0.2) is 54.6 Å². The lowest BCUT2D eigenvalue weighted by atomic mass is 9.95. The van der Waals surface area contributed by atoms with Gasteiger partial charge in [0.1, 0.15) is 5.60 Å². The van der Waals surface area contributed by atoms with Crippen LogP contribution in [-0.4, -0.2) is 41.5 Å². The van der Waals surface area contributed by atoms with E-state index in [0.29, 0.717) is 24.1 Å². The van der Waals surface area contributed by atoms with Gasteiger partial charge in [-0.1, -0.05) is 42.5 Å². The van der Waals surface area contributed by atoms with Crippen LogP contribution in [0.1, 0.15) is 59.4 Å². The van der Waals surface area contributed by atoms with E-state index in [9.17, 15) is 14.4 Å². The first kappa shape index (κ1) is 20.6. The van der Waals surface area contributed by atoms with Crippen LogP contribution in [0, 0.1) is 0 Å². The van der Waals surface area contributed by atoms with Gasteiger partial charge in [0, 0.05) is 19.0 Å². The maximum Gasteiger partial charge on any atom is 0.407 e. The van der Waals surface area contributed by atoms with Crippen LogP contribution in [0.3, 0.4) is 0 Å². The van der Waals surface area contributed by atoms with E-state index < -0.39 is 11.7 Å². The fraction of sp³-hybridized carbons (Fsp3) is 0.348.